The fourth-order valence-electron chi connectivity index (χ4n) is 2.25. The van der Waals surface area contributed by atoms with Gasteiger partial charge < -0.3 is 14.6 Å². The van der Waals surface area contributed by atoms with E-state index in [0.29, 0.717) is 38.0 Å². The first kappa shape index (κ1) is 12.3. The summed E-state index contributed by atoms with van der Waals surface area (Å²) in [6, 6.07) is 1.29. The lowest BCUT2D eigenvalue weighted by Gasteiger charge is -2.19. The van der Waals surface area contributed by atoms with E-state index >= 15 is 0 Å². The molecule has 2 fully saturated rings. The summed E-state index contributed by atoms with van der Waals surface area (Å²) in [5, 5.41) is 0. The summed E-state index contributed by atoms with van der Waals surface area (Å²) in [5.41, 5.74) is 0.0128. The molecule has 0 spiro atoms. The van der Waals surface area contributed by atoms with Gasteiger partial charge in [0.2, 0.25) is 0 Å². The summed E-state index contributed by atoms with van der Waals surface area (Å²) in [4.78, 5) is 32.7. The Labute approximate surface area is 110 Å². The summed E-state index contributed by atoms with van der Waals surface area (Å²) < 4.78 is 5.32. The van der Waals surface area contributed by atoms with E-state index in [1.54, 1.807) is 4.90 Å². The molecule has 0 atom stereocenters. The first-order valence-corrected chi connectivity index (χ1v) is 6.72. The van der Waals surface area contributed by atoms with Crippen LogP contribution in [0.25, 0.3) is 0 Å². The number of aromatic nitrogens is 2. The Morgan fingerprint density at radius 3 is 3.00 bits per heavy atom. The SMILES string of the molecule is O=C(c1cc(=O)[nH]c(C2CC2)n1)N1CCCOCC1. The van der Waals surface area contributed by atoms with Crippen molar-refractivity contribution in [2.45, 2.75) is 25.2 Å². The molecular weight excluding hydrogens is 246 g/mol. The molecule has 1 saturated carbocycles. The second-order valence-electron chi connectivity index (χ2n) is 5.05. The molecule has 3 rings (SSSR count). The van der Waals surface area contributed by atoms with E-state index in [0.717, 1.165) is 19.3 Å². The molecule has 0 radical (unpaired) electrons. The van der Waals surface area contributed by atoms with Gasteiger partial charge in [-0.2, -0.15) is 0 Å². The highest BCUT2D eigenvalue weighted by molar-refractivity contribution is 5.92. The molecule has 0 aromatic carbocycles. The van der Waals surface area contributed by atoms with Crippen LogP contribution in [0, 0.1) is 0 Å². The number of H-pyrrole nitrogens is 1. The Morgan fingerprint density at radius 1 is 1.37 bits per heavy atom. The largest absolute Gasteiger partial charge is 0.380 e. The molecule has 6 nitrogen and oxygen atoms in total. The number of amides is 1. The fourth-order valence-corrected chi connectivity index (χ4v) is 2.25. The van der Waals surface area contributed by atoms with Gasteiger partial charge in [0.05, 0.1) is 6.61 Å². The Hall–Kier alpha value is -1.69. The first-order chi connectivity index (χ1) is 9.24. The van der Waals surface area contributed by atoms with Crippen LogP contribution in [0.5, 0.6) is 0 Å². The van der Waals surface area contributed by atoms with Crippen LogP contribution in [-0.4, -0.2) is 47.1 Å². The number of carbonyl (C=O) groups is 1. The van der Waals surface area contributed by atoms with E-state index in [2.05, 4.69) is 9.97 Å². The van der Waals surface area contributed by atoms with Crippen molar-refractivity contribution < 1.29 is 9.53 Å². The molecule has 2 aliphatic rings. The van der Waals surface area contributed by atoms with Gasteiger partial charge in [0.1, 0.15) is 11.5 Å². The number of rotatable bonds is 2. The van der Waals surface area contributed by atoms with Crippen molar-refractivity contribution >= 4 is 5.91 Å². The van der Waals surface area contributed by atoms with Gasteiger partial charge >= 0.3 is 0 Å². The van der Waals surface area contributed by atoms with Crippen LogP contribution in [0.4, 0.5) is 0 Å². The van der Waals surface area contributed by atoms with Crippen LogP contribution < -0.4 is 5.56 Å². The molecule has 2 heterocycles. The third kappa shape index (κ3) is 2.84. The monoisotopic (exact) mass is 263 g/mol. The second-order valence-corrected chi connectivity index (χ2v) is 5.05. The van der Waals surface area contributed by atoms with Gasteiger partial charge in [0.15, 0.2) is 0 Å². The minimum atomic E-state index is -0.244. The van der Waals surface area contributed by atoms with Crippen LogP contribution in [0.1, 0.15) is 41.5 Å². The van der Waals surface area contributed by atoms with Crippen LogP contribution in [0.15, 0.2) is 10.9 Å². The molecule has 6 heteroatoms. The minimum Gasteiger partial charge on any atom is -0.380 e. The lowest BCUT2D eigenvalue weighted by molar-refractivity contribution is 0.0735. The maximum atomic E-state index is 12.4. The maximum Gasteiger partial charge on any atom is 0.272 e. The number of carbonyl (C=O) groups excluding carboxylic acids is 1. The minimum absolute atomic E-state index is 0.168. The number of hydrogen-bond donors (Lipinski definition) is 1. The van der Waals surface area contributed by atoms with Gasteiger partial charge in [-0.15, -0.1) is 0 Å². The highest BCUT2D eigenvalue weighted by Gasteiger charge is 2.28. The van der Waals surface area contributed by atoms with Crippen LogP contribution in [0.3, 0.4) is 0 Å². The number of nitrogens with zero attached hydrogens (tertiary/aromatic N) is 2. The van der Waals surface area contributed by atoms with Crippen molar-refractivity contribution in [2.75, 3.05) is 26.3 Å². The maximum absolute atomic E-state index is 12.4. The molecule has 1 amide bonds. The highest BCUT2D eigenvalue weighted by atomic mass is 16.5. The Kier molecular flexibility index (Phi) is 3.33. The van der Waals surface area contributed by atoms with Crippen LogP contribution in [0.2, 0.25) is 0 Å². The zero-order valence-corrected chi connectivity index (χ0v) is 10.7. The van der Waals surface area contributed by atoms with E-state index in [-0.39, 0.29) is 17.2 Å². The van der Waals surface area contributed by atoms with E-state index < -0.39 is 0 Å². The van der Waals surface area contributed by atoms with Gasteiger partial charge in [0.25, 0.3) is 11.5 Å². The third-order valence-electron chi connectivity index (χ3n) is 3.45. The first-order valence-electron chi connectivity index (χ1n) is 6.72. The van der Waals surface area contributed by atoms with Gasteiger partial charge in [-0.05, 0) is 19.3 Å². The molecule has 1 aliphatic carbocycles. The number of hydrogen-bond acceptors (Lipinski definition) is 4. The lowest BCUT2D eigenvalue weighted by Crippen LogP contribution is -2.34. The van der Waals surface area contributed by atoms with E-state index in [9.17, 15) is 9.59 Å². The number of aromatic amines is 1. The third-order valence-corrected chi connectivity index (χ3v) is 3.45. The predicted molar refractivity (Wildman–Crippen MR) is 68.2 cm³/mol. The Bertz CT molecular complexity index is 528. The molecule has 1 aromatic rings. The molecule has 0 unspecified atom stereocenters. The van der Waals surface area contributed by atoms with Crippen molar-refractivity contribution in [3.05, 3.63) is 27.9 Å². The number of nitrogens with one attached hydrogen (secondary N) is 1. The van der Waals surface area contributed by atoms with Crippen molar-refractivity contribution in [1.29, 1.82) is 0 Å². The van der Waals surface area contributed by atoms with Crippen molar-refractivity contribution in [3.8, 4) is 0 Å². The van der Waals surface area contributed by atoms with Crippen molar-refractivity contribution in [3.63, 3.8) is 0 Å². The summed E-state index contributed by atoms with van der Waals surface area (Å²) >= 11 is 0. The average Bonchev–Trinajstić information content (AvgIpc) is 3.23. The van der Waals surface area contributed by atoms with Crippen molar-refractivity contribution in [1.82, 2.24) is 14.9 Å². The Morgan fingerprint density at radius 2 is 2.21 bits per heavy atom. The molecule has 1 aliphatic heterocycles. The molecule has 102 valence electrons. The lowest BCUT2D eigenvalue weighted by atomic mass is 10.3. The predicted octanol–water partition coefficient (Wildman–Crippen LogP) is 0.510. The average molecular weight is 263 g/mol. The summed E-state index contributed by atoms with van der Waals surface area (Å²) in [5.74, 6) is 0.813. The van der Waals surface area contributed by atoms with Gasteiger partial charge in [-0.1, -0.05) is 0 Å². The van der Waals surface area contributed by atoms with Gasteiger partial charge in [0, 0.05) is 31.7 Å². The second kappa shape index (κ2) is 5.13. The zero-order valence-electron chi connectivity index (χ0n) is 10.7. The summed E-state index contributed by atoms with van der Waals surface area (Å²) in [6.45, 7) is 2.45. The molecule has 1 N–H and O–H groups in total. The molecular formula is C13H17N3O3. The van der Waals surface area contributed by atoms with E-state index in [4.69, 9.17) is 4.74 Å². The topological polar surface area (TPSA) is 75.3 Å². The summed E-state index contributed by atoms with van der Waals surface area (Å²) in [6.07, 6.45) is 2.90. The van der Waals surface area contributed by atoms with Crippen LogP contribution >= 0.6 is 0 Å². The smallest absolute Gasteiger partial charge is 0.272 e. The fraction of sp³-hybridized carbons (Fsp3) is 0.615. The summed E-state index contributed by atoms with van der Waals surface area (Å²) in [7, 11) is 0. The quantitative estimate of drug-likeness (QED) is 0.843. The molecule has 0 bridgehead atoms. The van der Waals surface area contributed by atoms with E-state index in [1.165, 1.54) is 6.07 Å². The van der Waals surface area contributed by atoms with E-state index in [1.807, 2.05) is 0 Å². The molecule has 1 aromatic heterocycles. The standard InChI is InChI=1S/C13H17N3O3/c17-11-8-10(14-12(15-11)9-2-3-9)13(18)16-4-1-6-19-7-5-16/h8-9H,1-7H2,(H,14,15,17). The molecule has 1 saturated heterocycles. The van der Waals surface area contributed by atoms with Gasteiger partial charge in [-0.3, -0.25) is 9.59 Å². The zero-order chi connectivity index (χ0) is 13.2. The normalized spacial score (nSPS) is 20.1. The van der Waals surface area contributed by atoms with Crippen LogP contribution in [-0.2, 0) is 4.74 Å². The highest BCUT2D eigenvalue weighted by Crippen LogP contribution is 2.37. The number of ether oxygens (including phenoxy) is 1. The van der Waals surface area contributed by atoms with Gasteiger partial charge in [-0.25, -0.2) is 4.98 Å². The van der Waals surface area contributed by atoms with Crippen molar-refractivity contribution in [2.24, 2.45) is 0 Å². The molecule has 19 heavy (non-hydrogen) atoms. The Balaban J connectivity index is 1.83.